The molecule has 0 spiro atoms. The van der Waals surface area contributed by atoms with E-state index in [0.717, 1.165) is 33.6 Å². The first kappa shape index (κ1) is 14.6. The van der Waals surface area contributed by atoms with E-state index in [4.69, 9.17) is 15.5 Å². The molecular weight excluding hydrogens is 377 g/mol. The molecule has 0 saturated heterocycles. The summed E-state index contributed by atoms with van der Waals surface area (Å²) in [6, 6.07) is 6.10. The molecule has 2 N–H and O–H groups in total. The summed E-state index contributed by atoms with van der Waals surface area (Å²) in [7, 11) is 0. The van der Waals surface area contributed by atoms with Gasteiger partial charge in [-0.15, -0.1) is 0 Å². The third kappa shape index (κ3) is 2.71. The van der Waals surface area contributed by atoms with Gasteiger partial charge in [0.05, 0.1) is 15.9 Å². The van der Waals surface area contributed by atoms with Crippen LogP contribution >= 0.6 is 22.6 Å². The van der Waals surface area contributed by atoms with Crippen LogP contribution in [-0.4, -0.2) is 16.6 Å². The molecule has 110 valence electrons. The molecule has 1 aliphatic heterocycles. The lowest BCUT2D eigenvalue weighted by atomic mass is 9.91. The van der Waals surface area contributed by atoms with E-state index in [2.05, 4.69) is 54.4 Å². The van der Waals surface area contributed by atoms with Crippen molar-refractivity contribution >= 4 is 28.4 Å². The third-order valence-corrected chi connectivity index (χ3v) is 4.60. The van der Waals surface area contributed by atoms with Gasteiger partial charge in [-0.25, -0.2) is 9.97 Å². The van der Waals surface area contributed by atoms with Crippen molar-refractivity contribution in [3.8, 4) is 17.1 Å². The largest absolute Gasteiger partial charge is 0.493 e. The quantitative estimate of drug-likeness (QED) is 0.751. The maximum atomic E-state index is 6.08. The number of nitrogen functional groups attached to an aromatic ring is 1. The summed E-state index contributed by atoms with van der Waals surface area (Å²) >= 11 is 2.23. The fourth-order valence-corrected chi connectivity index (χ4v) is 3.47. The molecule has 0 aliphatic carbocycles. The van der Waals surface area contributed by atoms with Gasteiger partial charge < -0.3 is 10.5 Å². The van der Waals surface area contributed by atoms with Gasteiger partial charge >= 0.3 is 0 Å². The van der Waals surface area contributed by atoms with Crippen LogP contribution in [0.4, 0.5) is 5.82 Å². The number of rotatable bonds is 1. The Hall–Kier alpha value is -1.37. The zero-order valence-electron chi connectivity index (χ0n) is 12.4. The Bertz CT molecular complexity index is 707. The normalized spacial score (nSPS) is 13.9. The minimum absolute atomic E-state index is 0.0673. The SMILES string of the molecule is CC(C)(C)c1nc(-c2ccc3c(c2)CCO3)nc(N)c1I. The molecule has 5 heteroatoms. The fourth-order valence-electron chi connectivity index (χ4n) is 2.42. The Labute approximate surface area is 138 Å². The van der Waals surface area contributed by atoms with Gasteiger partial charge in [-0.3, -0.25) is 0 Å². The van der Waals surface area contributed by atoms with Crippen LogP contribution < -0.4 is 10.5 Å². The second kappa shape index (κ2) is 5.12. The van der Waals surface area contributed by atoms with Crippen molar-refractivity contribution in [3.05, 3.63) is 33.0 Å². The molecule has 21 heavy (non-hydrogen) atoms. The van der Waals surface area contributed by atoms with Crippen molar-refractivity contribution in [2.75, 3.05) is 12.3 Å². The summed E-state index contributed by atoms with van der Waals surface area (Å²) in [6.45, 7) is 7.16. The first-order valence-corrected chi connectivity index (χ1v) is 8.04. The highest BCUT2D eigenvalue weighted by Crippen LogP contribution is 2.33. The van der Waals surface area contributed by atoms with Crippen molar-refractivity contribution in [1.82, 2.24) is 9.97 Å². The van der Waals surface area contributed by atoms with E-state index >= 15 is 0 Å². The molecule has 0 saturated carbocycles. The van der Waals surface area contributed by atoms with E-state index in [9.17, 15) is 0 Å². The molecular formula is C16H18IN3O. The second-order valence-corrected chi connectivity index (χ2v) is 7.34. The number of nitrogens with two attached hydrogens (primary N) is 1. The number of fused-ring (bicyclic) bond motifs is 1. The van der Waals surface area contributed by atoms with Gasteiger partial charge in [-0.05, 0) is 46.4 Å². The monoisotopic (exact) mass is 395 g/mol. The Kier molecular flexibility index (Phi) is 3.55. The predicted molar refractivity (Wildman–Crippen MR) is 92.5 cm³/mol. The zero-order valence-corrected chi connectivity index (χ0v) is 14.6. The van der Waals surface area contributed by atoms with Crippen molar-refractivity contribution in [3.63, 3.8) is 0 Å². The fraction of sp³-hybridized carbons (Fsp3) is 0.375. The molecule has 1 aromatic heterocycles. The minimum Gasteiger partial charge on any atom is -0.493 e. The average Bonchev–Trinajstić information content (AvgIpc) is 2.87. The Morgan fingerprint density at radius 3 is 2.71 bits per heavy atom. The summed E-state index contributed by atoms with van der Waals surface area (Å²) in [6.07, 6.45) is 0.940. The molecule has 0 radical (unpaired) electrons. The molecule has 2 heterocycles. The smallest absolute Gasteiger partial charge is 0.161 e. The van der Waals surface area contributed by atoms with Gasteiger partial charge in [0, 0.05) is 17.4 Å². The number of nitrogens with zero attached hydrogens (tertiary/aromatic N) is 2. The van der Waals surface area contributed by atoms with Crippen LogP contribution in [0.2, 0.25) is 0 Å². The first-order chi connectivity index (χ1) is 9.86. The molecule has 0 atom stereocenters. The Morgan fingerprint density at radius 2 is 2.00 bits per heavy atom. The van der Waals surface area contributed by atoms with E-state index < -0.39 is 0 Å². The van der Waals surface area contributed by atoms with Crippen LogP contribution in [-0.2, 0) is 11.8 Å². The Balaban J connectivity index is 2.13. The van der Waals surface area contributed by atoms with Crippen LogP contribution in [0.1, 0.15) is 32.0 Å². The molecule has 0 bridgehead atoms. The molecule has 1 aromatic carbocycles. The second-order valence-electron chi connectivity index (χ2n) is 6.27. The van der Waals surface area contributed by atoms with Gasteiger partial charge in [-0.2, -0.15) is 0 Å². The van der Waals surface area contributed by atoms with Crippen LogP contribution in [0.3, 0.4) is 0 Å². The lowest BCUT2D eigenvalue weighted by molar-refractivity contribution is 0.357. The molecule has 0 unspecified atom stereocenters. The minimum atomic E-state index is -0.0673. The number of ether oxygens (including phenoxy) is 1. The van der Waals surface area contributed by atoms with Crippen LogP contribution in [0.15, 0.2) is 18.2 Å². The van der Waals surface area contributed by atoms with Gasteiger partial charge in [0.1, 0.15) is 11.6 Å². The maximum absolute atomic E-state index is 6.08. The standard InChI is InChI=1S/C16H18IN3O/c1-16(2,3)13-12(17)14(18)20-15(19-13)10-4-5-11-9(8-10)6-7-21-11/h4-5,8H,6-7H2,1-3H3,(H2,18,19,20). The summed E-state index contributed by atoms with van der Waals surface area (Å²) in [5, 5.41) is 0. The molecule has 3 rings (SSSR count). The van der Waals surface area contributed by atoms with E-state index in [0.29, 0.717) is 11.6 Å². The number of anilines is 1. The van der Waals surface area contributed by atoms with E-state index in [1.165, 1.54) is 5.56 Å². The van der Waals surface area contributed by atoms with E-state index in [1.54, 1.807) is 0 Å². The zero-order chi connectivity index (χ0) is 15.2. The lowest BCUT2D eigenvalue weighted by Gasteiger charge is -2.21. The topological polar surface area (TPSA) is 61.0 Å². The Morgan fingerprint density at radius 1 is 1.24 bits per heavy atom. The van der Waals surface area contributed by atoms with Gasteiger partial charge in [0.15, 0.2) is 5.82 Å². The molecule has 0 amide bonds. The highest BCUT2D eigenvalue weighted by Gasteiger charge is 2.23. The number of hydrogen-bond donors (Lipinski definition) is 1. The number of benzene rings is 1. The number of aromatic nitrogens is 2. The van der Waals surface area contributed by atoms with Crippen LogP contribution in [0.25, 0.3) is 11.4 Å². The molecule has 1 aliphatic rings. The number of hydrogen-bond acceptors (Lipinski definition) is 4. The molecule has 4 nitrogen and oxygen atoms in total. The maximum Gasteiger partial charge on any atom is 0.161 e. The van der Waals surface area contributed by atoms with Crippen molar-refractivity contribution in [1.29, 1.82) is 0 Å². The highest BCUT2D eigenvalue weighted by molar-refractivity contribution is 14.1. The van der Waals surface area contributed by atoms with Gasteiger partial charge in [-0.1, -0.05) is 20.8 Å². The summed E-state index contributed by atoms with van der Waals surface area (Å²) < 4.78 is 6.48. The van der Waals surface area contributed by atoms with E-state index in [-0.39, 0.29) is 5.41 Å². The van der Waals surface area contributed by atoms with Crippen LogP contribution in [0.5, 0.6) is 5.75 Å². The van der Waals surface area contributed by atoms with Crippen molar-refractivity contribution in [2.45, 2.75) is 32.6 Å². The summed E-state index contributed by atoms with van der Waals surface area (Å²) in [4.78, 5) is 9.22. The highest BCUT2D eigenvalue weighted by atomic mass is 127. The number of halogens is 1. The van der Waals surface area contributed by atoms with Gasteiger partial charge in [0.25, 0.3) is 0 Å². The first-order valence-electron chi connectivity index (χ1n) is 6.96. The molecule has 0 fully saturated rings. The third-order valence-electron chi connectivity index (χ3n) is 3.53. The van der Waals surface area contributed by atoms with Crippen molar-refractivity contribution < 1.29 is 4.74 Å². The predicted octanol–water partition coefficient (Wildman–Crippen LogP) is 3.56. The van der Waals surface area contributed by atoms with Crippen molar-refractivity contribution in [2.24, 2.45) is 0 Å². The average molecular weight is 395 g/mol. The van der Waals surface area contributed by atoms with E-state index in [1.807, 2.05) is 12.1 Å². The lowest BCUT2D eigenvalue weighted by Crippen LogP contribution is -2.18. The van der Waals surface area contributed by atoms with Crippen LogP contribution in [0, 0.1) is 3.57 Å². The van der Waals surface area contributed by atoms with Gasteiger partial charge in [0.2, 0.25) is 0 Å². The molecule has 2 aromatic rings. The summed E-state index contributed by atoms with van der Waals surface area (Å²) in [5.74, 6) is 2.20. The summed E-state index contributed by atoms with van der Waals surface area (Å²) in [5.41, 5.74) is 9.21.